The molecule has 2 amide bonds. The quantitative estimate of drug-likeness (QED) is 0.508. The van der Waals surface area contributed by atoms with Crippen molar-refractivity contribution in [2.75, 3.05) is 6.54 Å². The maximum Gasteiger partial charge on any atom is 0.416 e. The SMILES string of the molecule is O=C1N[C@@H](Cc2c(-c3cc(C(F)(F)F)cc(C(F)(F)F)c3)[nH]c3ccccc23)C(=O)N2CCC[C@H]12. The number of aromatic amines is 1. The molecule has 2 aliphatic heterocycles. The first kappa shape index (κ1) is 23.3. The van der Waals surface area contributed by atoms with Gasteiger partial charge < -0.3 is 15.2 Å². The van der Waals surface area contributed by atoms with Gasteiger partial charge in [0.25, 0.3) is 0 Å². The Hall–Kier alpha value is -3.50. The number of rotatable bonds is 3. The van der Waals surface area contributed by atoms with E-state index in [2.05, 4.69) is 10.3 Å². The maximum absolute atomic E-state index is 13.5. The van der Waals surface area contributed by atoms with Crippen molar-refractivity contribution in [1.29, 1.82) is 0 Å². The Bertz CT molecular complexity index is 1290. The molecule has 2 fully saturated rings. The predicted molar refractivity (Wildman–Crippen MR) is 114 cm³/mol. The highest BCUT2D eigenvalue weighted by molar-refractivity contribution is 5.99. The highest BCUT2D eigenvalue weighted by Gasteiger charge is 2.43. The van der Waals surface area contributed by atoms with E-state index in [1.54, 1.807) is 24.3 Å². The summed E-state index contributed by atoms with van der Waals surface area (Å²) in [5.41, 5.74) is -2.32. The Balaban J connectivity index is 1.64. The van der Waals surface area contributed by atoms with Crippen molar-refractivity contribution >= 4 is 22.7 Å². The van der Waals surface area contributed by atoms with Crippen molar-refractivity contribution < 1.29 is 35.9 Å². The van der Waals surface area contributed by atoms with Crippen LogP contribution in [0.1, 0.15) is 29.5 Å². The fraction of sp³-hybridized carbons (Fsp3) is 0.333. The Morgan fingerprint density at radius 1 is 0.943 bits per heavy atom. The first-order chi connectivity index (χ1) is 16.4. The molecule has 11 heteroatoms. The average molecular weight is 495 g/mol. The zero-order valence-electron chi connectivity index (χ0n) is 18.1. The van der Waals surface area contributed by atoms with Crippen LogP contribution in [-0.2, 0) is 28.4 Å². The van der Waals surface area contributed by atoms with Crippen molar-refractivity contribution in [1.82, 2.24) is 15.2 Å². The van der Waals surface area contributed by atoms with Crippen LogP contribution in [0, 0.1) is 0 Å². The number of halogens is 6. The summed E-state index contributed by atoms with van der Waals surface area (Å²) in [6.07, 6.45) is -8.86. The Labute approximate surface area is 195 Å². The first-order valence-corrected chi connectivity index (χ1v) is 10.9. The maximum atomic E-state index is 13.5. The zero-order chi connectivity index (χ0) is 25.1. The van der Waals surface area contributed by atoms with Crippen LogP contribution in [0.5, 0.6) is 0 Å². The standard InChI is InChI=1S/C24H19F6N3O2/c25-23(26,27)13-8-12(9-14(10-13)24(28,29)30)20-16(15-4-1-2-5-17(15)31-20)11-18-22(35)33-7-3-6-19(33)21(34)32-18/h1-2,4-5,8-10,18-19,31H,3,6-7,11H2,(H,32,34)/t18-,19+/m0/s1. The number of carbonyl (C=O) groups is 2. The second kappa shape index (κ2) is 8.03. The monoisotopic (exact) mass is 495 g/mol. The van der Waals surface area contributed by atoms with E-state index in [1.807, 2.05) is 0 Å². The van der Waals surface area contributed by atoms with Crippen molar-refractivity contribution in [3.05, 3.63) is 59.2 Å². The molecule has 0 spiro atoms. The lowest BCUT2D eigenvalue weighted by atomic mass is 9.94. The second-order valence-electron chi connectivity index (χ2n) is 8.77. The number of alkyl halides is 6. The molecule has 2 saturated heterocycles. The molecule has 3 heterocycles. The van der Waals surface area contributed by atoms with E-state index in [9.17, 15) is 35.9 Å². The van der Waals surface area contributed by atoms with Gasteiger partial charge in [-0.2, -0.15) is 26.3 Å². The van der Waals surface area contributed by atoms with Crippen LogP contribution in [0.15, 0.2) is 42.5 Å². The van der Waals surface area contributed by atoms with Gasteiger partial charge in [-0.05, 0) is 48.2 Å². The third-order valence-electron chi connectivity index (χ3n) is 6.55. The number of fused-ring (bicyclic) bond motifs is 2. The van der Waals surface area contributed by atoms with E-state index in [-0.39, 0.29) is 35.6 Å². The summed E-state index contributed by atoms with van der Waals surface area (Å²) >= 11 is 0. The topological polar surface area (TPSA) is 65.2 Å². The highest BCUT2D eigenvalue weighted by Crippen LogP contribution is 2.40. The van der Waals surface area contributed by atoms with Gasteiger partial charge in [-0.1, -0.05) is 18.2 Å². The highest BCUT2D eigenvalue weighted by atomic mass is 19.4. The van der Waals surface area contributed by atoms with E-state index < -0.39 is 35.6 Å². The summed E-state index contributed by atoms with van der Waals surface area (Å²) in [4.78, 5) is 30.0. The smallest absolute Gasteiger partial charge is 0.354 e. The van der Waals surface area contributed by atoms with E-state index in [4.69, 9.17) is 0 Å². The Kier molecular flexibility index (Phi) is 5.33. The summed E-state index contributed by atoms with van der Waals surface area (Å²) in [7, 11) is 0. The van der Waals surface area contributed by atoms with Gasteiger partial charge in [0.05, 0.1) is 11.1 Å². The molecule has 35 heavy (non-hydrogen) atoms. The van der Waals surface area contributed by atoms with Crippen LogP contribution < -0.4 is 5.32 Å². The molecule has 2 N–H and O–H groups in total. The minimum atomic E-state index is -5.00. The molecule has 2 atom stereocenters. The minimum absolute atomic E-state index is 0.0356. The lowest BCUT2D eigenvalue weighted by Crippen LogP contribution is -2.61. The Morgan fingerprint density at radius 3 is 2.26 bits per heavy atom. The van der Waals surface area contributed by atoms with Gasteiger partial charge in [0.2, 0.25) is 11.8 Å². The minimum Gasteiger partial charge on any atom is -0.354 e. The van der Waals surface area contributed by atoms with Gasteiger partial charge in [-0.3, -0.25) is 9.59 Å². The molecular weight excluding hydrogens is 476 g/mol. The molecule has 184 valence electrons. The predicted octanol–water partition coefficient (Wildman–Crippen LogP) is 4.90. The molecule has 0 unspecified atom stereocenters. The van der Waals surface area contributed by atoms with Crippen molar-refractivity contribution in [3.8, 4) is 11.3 Å². The third-order valence-corrected chi connectivity index (χ3v) is 6.55. The van der Waals surface area contributed by atoms with Gasteiger partial charge in [0.15, 0.2) is 0 Å². The van der Waals surface area contributed by atoms with Crippen molar-refractivity contribution in [2.24, 2.45) is 0 Å². The number of para-hydroxylation sites is 1. The summed E-state index contributed by atoms with van der Waals surface area (Å²) < 4.78 is 80.8. The number of H-pyrrole nitrogens is 1. The van der Waals surface area contributed by atoms with Crippen LogP contribution in [-0.4, -0.2) is 40.3 Å². The van der Waals surface area contributed by atoms with Gasteiger partial charge in [0, 0.05) is 29.6 Å². The number of hydrogen-bond donors (Lipinski definition) is 2. The molecule has 0 radical (unpaired) electrons. The fourth-order valence-electron chi connectivity index (χ4n) is 4.93. The summed E-state index contributed by atoms with van der Waals surface area (Å²) in [5, 5.41) is 3.23. The zero-order valence-corrected chi connectivity index (χ0v) is 18.1. The van der Waals surface area contributed by atoms with Crippen LogP contribution >= 0.6 is 0 Å². The van der Waals surface area contributed by atoms with Gasteiger partial charge >= 0.3 is 12.4 Å². The number of amides is 2. The van der Waals surface area contributed by atoms with E-state index >= 15 is 0 Å². The van der Waals surface area contributed by atoms with Crippen molar-refractivity contribution in [2.45, 2.75) is 43.7 Å². The molecular formula is C24H19F6N3O2. The number of hydrogen-bond acceptors (Lipinski definition) is 2. The molecule has 0 bridgehead atoms. The molecule has 2 aliphatic rings. The van der Waals surface area contributed by atoms with Crippen molar-refractivity contribution in [3.63, 3.8) is 0 Å². The van der Waals surface area contributed by atoms with E-state index in [0.29, 0.717) is 48.0 Å². The van der Waals surface area contributed by atoms with Gasteiger partial charge in [0.1, 0.15) is 12.1 Å². The van der Waals surface area contributed by atoms with E-state index in [0.717, 1.165) is 0 Å². The van der Waals surface area contributed by atoms with Crippen LogP contribution in [0.25, 0.3) is 22.2 Å². The van der Waals surface area contributed by atoms with Crippen LogP contribution in [0.2, 0.25) is 0 Å². The molecule has 5 nitrogen and oxygen atoms in total. The molecule has 0 saturated carbocycles. The van der Waals surface area contributed by atoms with E-state index in [1.165, 1.54) is 4.90 Å². The summed E-state index contributed by atoms with van der Waals surface area (Å²) in [6, 6.07) is 6.50. The number of piperazine rings is 1. The molecule has 2 aromatic carbocycles. The number of carbonyl (C=O) groups excluding carboxylic acids is 2. The van der Waals surface area contributed by atoms with Crippen LogP contribution in [0.4, 0.5) is 26.3 Å². The number of aromatic nitrogens is 1. The Morgan fingerprint density at radius 2 is 1.60 bits per heavy atom. The fourth-order valence-corrected chi connectivity index (χ4v) is 4.93. The molecule has 0 aliphatic carbocycles. The normalized spacial score (nSPS) is 20.9. The number of benzene rings is 2. The average Bonchev–Trinajstić information content (AvgIpc) is 3.42. The molecule has 3 aromatic rings. The van der Waals surface area contributed by atoms with Gasteiger partial charge in [-0.25, -0.2) is 0 Å². The number of nitrogens with one attached hydrogen (secondary N) is 2. The third kappa shape index (κ3) is 4.12. The summed E-state index contributed by atoms with van der Waals surface area (Å²) in [5.74, 6) is -0.629. The van der Waals surface area contributed by atoms with Gasteiger partial charge in [-0.15, -0.1) is 0 Å². The lowest BCUT2D eigenvalue weighted by Gasteiger charge is -2.34. The second-order valence-corrected chi connectivity index (χ2v) is 8.77. The largest absolute Gasteiger partial charge is 0.416 e. The molecule has 1 aromatic heterocycles. The first-order valence-electron chi connectivity index (χ1n) is 10.9. The summed E-state index contributed by atoms with van der Waals surface area (Å²) in [6.45, 7) is 0.427. The lowest BCUT2D eigenvalue weighted by molar-refractivity contribution is -0.146. The molecule has 5 rings (SSSR count). The van der Waals surface area contributed by atoms with Crippen LogP contribution in [0.3, 0.4) is 0 Å². The number of nitrogens with zero attached hydrogens (tertiary/aromatic N) is 1.